The van der Waals surface area contributed by atoms with Crippen LogP contribution in [0.4, 0.5) is 0 Å². The molecule has 0 aromatic rings. The number of esters is 2. The number of unbranched alkanes of at least 4 members (excludes halogenated alkanes) is 21. The molecule has 0 N–H and O–H groups in total. The van der Waals surface area contributed by atoms with E-state index in [9.17, 15) is 9.59 Å². The van der Waals surface area contributed by atoms with E-state index in [2.05, 4.69) is 45.1 Å². The van der Waals surface area contributed by atoms with Crippen LogP contribution in [0.3, 0.4) is 0 Å². The Morgan fingerprint density at radius 3 is 1.41 bits per heavy atom. The molecule has 0 fully saturated rings. The number of rotatable bonds is 36. The van der Waals surface area contributed by atoms with Gasteiger partial charge in [-0.25, -0.2) is 0 Å². The van der Waals surface area contributed by atoms with Crippen LogP contribution in [0.2, 0.25) is 0 Å². The number of hydrogen-bond donors (Lipinski definition) is 0. The summed E-state index contributed by atoms with van der Waals surface area (Å²) in [5.74, 6) is -0.422. The van der Waals surface area contributed by atoms with Crippen LogP contribution < -0.4 is 0 Å². The van der Waals surface area contributed by atoms with Crippen molar-refractivity contribution >= 4 is 11.9 Å². The second kappa shape index (κ2) is 37.8. The third-order valence-electron chi connectivity index (χ3n) is 8.46. The van der Waals surface area contributed by atoms with Crippen LogP contribution in [0.1, 0.15) is 201 Å². The molecule has 0 saturated heterocycles. The predicted octanol–water partition coefficient (Wildman–Crippen LogP) is 12.6. The van der Waals surface area contributed by atoms with Crippen LogP contribution in [-0.2, 0) is 23.8 Å². The molecule has 0 heterocycles. The lowest BCUT2D eigenvalue weighted by atomic mass is 10.1. The fraction of sp³-hybridized carbons (Fsp3) is 0.854. The average Bonchev–Trinajstić information content (AvgIpc) is 3.05. The highest BCUT2D eigenvalue weighted by Gasteiger charge is 2.17. The van der Waals surface area contributed by atoms with Gasteiger partial charge in [-0.1, -0.05) is 148 Å². The van der Waals surface area contributed by atoms with Crippen LogP contribution in [0, 0.1) is 0 Å². The van der Waals surface area contributed by atoms with E-state index in [1.54, 1.807) is 0 Å². The highest BCUT2D eigenvalue weighted by molar-refractivity contribution is 5.70. The molecule has 0 aromatic heterocycles. The van der Waals surface area contributed by atoms with E-state index < -0.39 is 6.10 Å². The zero-order valence-electron chi connectivity index (χ0n) is 30.8. The van der Waals surface area contributed by atoms with Crippen LogP contribution in [0.15, 0.2) is 24.3 Å². The summed E-state index contributed by atoms with van der Waals surface area (Å²) in [4.78, 5) is 24.8. The molecule has 0 bridgehead atoms. The smallest absolute Gasteiger partial charge is 0.306 e. The van der Waals surface area contributed by atoms with Crippen molar-refractivity contribution in [1.29, 1.82) is 0 Å². The molecule has 0 saturated carbocycles. The summed E-state index contributed by atoms with van der Waals surface area (Å²) in [6.45, 7) is 7.68. The van der Waals surface area contributed by atoms with Gasteiger partial charge in [0.05, 0.1) is 6.61 Å². The van der Waals surface area contributed by atoms with E-state index in [0.29, 0.717) is 19.4 Å². The van der Waals surface area contributed by atoms with Crippen LogP contribution in [0.25, 0.3) is 0 Å². The Kier molecular flexibility index (Phi) is 36.5. The summed E-state index contributed by atoms with van der Waals surface area (Å²) < 4.78 is 17.1. The minimum atomic E-state index is -0.530. The Morgan fingerprint density at radius 2 is 0.870 bits per heavy atom. The Balaban J connectivity index is 4.11. The highest BCUT2D eigenvalue weighted by Crippen LogP contribution is 2.12. The summed E-state index contributed by atoms with van der Waals surface area (Å²) >= 11 is 0. The molecule has 5 heteroatoms. The number of carbonyl (C=O) groups is 2. The Bertz CT molecular complexity index is 701. The fourth-order valence-electron chi connectivity index (χ4n) is 5.42. The van der Waals surface area contributed by atoms with E-state index in [1.807, 2.05) is 0 Å². The summed E-state index contributed by atoms with van der Waals surface area (Å²) in [5.41, 5.74) is 0. The van der Waals surface area contributed by atoms with Gasteiger partial charge in [-0.2, -0.15) is 0 Å². The van der Waals surface area contributed by atoms with Crippen molar-refractivity contribution in [1.82, 2.24) is 0 Å². The maximum atomic E-state index is 12.5. The van der Waals surface area contributed by atoms with Crippen molar-refractivity contribution in [3.63, 3.8) is 0 Å². The number of ether oxygens (including phenoxy) is 3. The van der Waals surface area contributed by atoms with Crippen molar-refractivity contribution in [3.8, 4) is 0 Å². The van der Waals surface area contributed by atoms with E-state index in [1.165, 1.54) is 109 Å². The van der Waals surface area contributed by atoms with E-state index >= 15 is 0 Å². The minimum Gasteiger partial charge on any atom is -0.462 e. The highest BCUT2D eigenvalue weighted by atomic mass is 16.6. The summed E-state index contributed by atoms with van der Waals surface area (Å²) in [7, 11) is 0. The zero-order valence-corrected chi connectivity index (χ0v) is 30.8. The predicted molar refractivity (Wildman–Crippen MR) is 196 cm³/mol. The van der Waals surface area contributed by atoms with Gasteiger partial charge < -0.3 is 14.2 Å². The summed E-state index contributed by atoms with van der Waals surface area (Å²) in [5, 5.41) is 0. The normalized spacial score (nSPS) is 12.3. The molecule has 5 nitrogen and oxygen atoms in total. The Labute approximate surface area is 286 Å². The molecule has 0 radical (unpaired) electrons. The average molecular weight is 649 g/mol. The third kappa shape index (κ3) is 35.2. The third-order valence-corrected chi connectivity index (χ3v) is 8.46. The topological polar surface area (TPSA) is 61.8 Å². The van der Waals surface area contributed by atoms with Gasteiger partial charge in [-0.3, -0.25) is 9.59 Å². The molecule has 1 unspecified atom stereocenters. The van der Waals surface area contributed by atoms with Crippen LogP contribution >= 0.6 is 0 Å². The van der Waals surface area contributed by atoms with Gasteiger partial charge in [0.15, 0.2) is 6.10 Å². The lowest BCUT2D eigenvalue weighted by Gasteiger charge is -2.18. The molecule has 0 spiro atoms. The Hall–Kier alpha value is -1.62. The van der Waals surface area contributed by atoms with Gasteiger partial charge in [-0.15, -0.1) is 0 Å². The van der Waals surface area contributed by atoms with Gasteiger partial charge >= 0.3 is 11.9 Å². The standard InChI is InChI=1S/C41H76O5/c1-4-7-10-13-15-17-19-20-21-23-25-27-30-33-36-44-37-39(46-41(43)35-32-28-12-9-6-3)38-45-40(42)34-31-29-26-24-22-18-16-14-11-8-5-2/h14,16-17,19,39H,4-13,15,18,20-38H2,1-3H3/b16-14-,19-17-. The first-order chi connectivity index (χ1) is 22.6. The second-order valence-corrected chi connectivity index (χ2v) is 13.2. The van der Waals surface area contributed by atoms with Gasteiger partial charge in [0.1, 0.15) is 6.61 Å². The van der Waals surface area contributed by atoms with Crippen LogP contribution in [0.5, 0.6) is 0 Å². The number of hydrogen-bond acceptors (Lipinski definition) is 5. The van der Waals surface area contributed by atoms with Gasteiger partial charge in [0.2, 0.25) is 0 Å². The lowest BCUT2D eigenvalue weighted by Crippen LogP contribution is -2.30. The first kappa shape index (κ1) is 44.4. The fourth-order valence-corrected chi connectivity index (χ4v) is 5.42. The minimum absolute atomic E-state index is 0.0813. The largest absolute Gasteiger partial charge is 0.462 e. The molecule has 0 aromatic carbocycles. The molecule has 0 aliphatic heterocycles. The molecule has 0 aliphatic rings. The maximum absolute atomic E-state index is 12.5. The summed E-state index contributed by atoms with van der Waals surface area (Å²) in [6, 6.07) is 0. The first-order valence-corrected chi connectivity index (χ1v) is 19.9. The van der Waals surface area contributed by atoms with Crippen LogP contribution in [-0.4, -0.2) is 37.9 Å². The van der Waals surface area contributed by atoms with Crippen molar-refractivity contribution < 1.29 is 23.8 Å². The SMILES string of the molecule is CCCC/C=C\CCCCCCCC(=O)OCC(COCCCCCCCC/C=C\CCCCCC)OC(=O)CCCCCCC. The Morgan fingerprint density at radius 1 is 0.457 bits per heavy atom. The van der Waals surface area contributed by atoms with Gasteiger partial charge in [0.25, 0.3) is 0 Å². The first-order valence-electron chi connectivity index (χ1n) is 19.9. The molecule has 1 atom stereocenters. The molecule has 0 rings (SSSR count). The van der Waals surface area contributed by atoms with E-state index in [4.69, 9.17) is 14.2 Å². The van der Waals surface area contributed by atoms with E-state index in [-0.39, 0.29) is 25.2 Å². The second-order valence-electron chi connectivity index (χ2n) is 13.2. The molecule has 270 valence electrons. The van der Waals surface area contributed by atoms with Crippen molar-refractivity contribution in [2.24, 2.45) is 0 Å². The van der Waals surface area contributed by atoms with Crippen molar-refractivity contribution in [2.45, 2.75) is 207 Å². The van der Waals surface area contributed by atoms with Gasteiger partial charge in [0, 0.05) is 19.4 Å². The maximum Gasteiger partial charge on any atom is 0.306 e. The quantitative estimate of drug-likeness (QED) is 0.0384. The van der Waals surface area contributed by atoms with Gasteiger partial charge in [-0.05, 0) is 64.2 Å². The molecule has 46 heavy (non-hydrogen) atoms. The van der Waals surface area contributed by atoms with Crippen molar-refractivity contribution in [3.05, 3.63) is 24.3 Å². The number of allylic oxidation sites excluding steroid dienone is 4. The molecule has 0 amide bonds. The summed E-state index contributed by atoms with van der Waals surface area (Å²) in [6.07, 6.45) is 40.5. The monoisotopic (exact) mass is 649 g/mol. The molecule has 0 aliphatic carbocycles. The lowest BCUT2D eigenvalue weighted by molar-refractivity contribution is -0.163. The number of carbonyl (C=O) groups excluding carboxylic acids is 2. The molecular formula is C41H76O5. The molecular weight excluding hydrogens is 572 g/mol. The van der Waals surface area contributed by atoms with Crippen molar-refractivity contribution in [2.75, 3.05) is 19.8 Å². The van der Waals surface area contributed by atoms with E-state index in [0.717, 1.165) is 57.8 Å². The zero-order chi connectivity index (χ0) is 33.6.